The molecule has 10 heteroatoms. The van der Waals surface area contributed by atoms with Gasteiger partial charge in [0, 0.05) is 19.4 Å². The SMILES string of the molecule is CC/C=C\C/C=C\C/C=C\C/C=C\C/C=C\C/C=C\C/C=C\CCCCCCCCCCCCCCCCCC(=O)OC(COC(=O)CCCCCCC)COP(=O)(O)OCCN. The van der Waals surface area contributed by atoms with Crippen molar-refractivity contribution in [3.8, 4) is 0 Å². The number of esters is 2. The van der Waals surface area contributed by atoms with Gasteiger partial charge in [-0.2, -0.15) is 0 Å². The van der Waals surface area contributed by atoms with Crippen molar-refractivity contribution < 1.29 is 37.6 Å². The van der Waals surface area contributed by atoms with E-state index in [9.17, 15) is 19.0 Å². The summed E-state index contributed by atoms with van der Waals surface area (Å²) >= 11 is 0. The lowest BCUT2D eigenvalue weighted by atomic mass is 10.0. The summed E-state index contributed by atoms with van der Waals surface area (Å²) in [7, 11) is -4.37. The van der Waals surface area contributed by atoms with Gasteiger partial charge in [-0.3, -0.25) is 18.6 Å². The lowest BCUT2D eigenvalue weighted by Gasteiger charge is -2.19. The largest absolute Gasteiger partial charge is 0.472 e. The summed E-state index contributed by atoms with van der Waals surface area (Å²) in [5.41, 5.74) is 5.33. The monoisotopic (exact) mass is 902 g/mol. The predicted molar refractivity (Wildman–Crippen MR) is 265 cm³/mol. The van der Waals surface area contributed by atoms with Crippen LogP contribution < -0.4 is 5.73 Å². The first kappa shape index (κ1) is 60.2. The maximum Gasteiger partial charge on any atom is 0.472 e. The first-order valence-electron chi connectivity index (χ1n) is 25.1. The van der Waals surface area contributed by atoms with Crippen molar-refractivity contribution in [3.63, 3.8) is 0 Å². The maximum atomic E-state index is 12.5. The summed E-state index contributed by atoms with van der Waals surface area (Å²) in [4.78, 5) is 34.6. The number of hydrogen-bond acceptors (Lipinski definition) is 8. The Hall–Kier alpha value is -2.81. The Labute approximate surface area is 385 Å². The maximum absolute atomic E-state index is 12.5. The van der Waals surface area contributed by atoms with Crippen molar-refractivity contribution >= 4 is 19.8 Å². The van der Waals surface area contributed by atoms with Gasteiger partial charge in [0.25, 0.3) is 0 Å². The van der Waals surface area contributed by atoms with Crippen molar-refractivity contribution in [1.82, 2.24) is 0 Å². The zero-order valence-corrected chi connectivity index (χ0v) is 40.9. The molecule has 0 heterocycles. The average Bonchev–Trinajstić information content (AvgIpc) is 3.27. The molecule has 0 rings (SSSR count). The third kappa shape index (κ3) is 48.5. The lowest BCUT2D eigenvalue weighted by molar-refractivity contribution is -0.161. The van der Waals surface area contributed by atoms with Gasteiger partial charge in [0.1, 0.15) is 6.61 Å². The van der Waals surface area contributed by atoms with Crippen LogP contribution in [0.15, 0.2) is 85.1 Å². The van der Waals surface area contributed by atoms with Crippen molar-refractivity contribution in [2.45, 2.75) is 213 Å². The topological polar surface area (TPSA) is 134 Å². The molecule has 0 aromatic heterocycles. The molecule has 2 atom stereocenters. The van der Waals surface area contributed by atoms with Crippen LogP contribution in [0.4, 0.5) is 0 Å². The van der Waals surface area contributed by atoms with Gasteiger partial charge in [-0.05, 0) is 70.6 Å². The van der Waals surface area contributed by atoms with E-state index in [2.05, 4.69) is 98.9 Å². The molecule has 0 aromatic rings. The molecule has 9 nitrogen and oxygen atoms in total. The molecule has 0 bridgehead atoms. The number of hydrogen-bond donors (Lipinski definition) is 2. The molecule has 0 aliphatic carbocycles. The highest BCUT2D eigenvalue weighted by molar-refractivity contribution is 7.47. The number of nitrogens with two attached hydrogens (primary N) is 1. The number of rotatable bonds is 46. The number of carbonyl (C=O) groups is 2. The van der Waals surface area contributed by atoms with Crippen LogP contribution in [-0.4, -0.2) is 49.3 Å². The van der Waals surface area contributed by atoms with Crippen LogP contribution in [0, 0.1) is 0 Å². The highest BCUT2D eigenvalue weighted by Gasteiger charge is 2.26. The molecule has 0 saturated heterocycles. The summed E-state index contributed by atoms with van der Waals surface area (Å²) in [5.74, 6) is -0.844. The standard InChI is InChI=1S/C53H92NO8P/c1-3-5-7-9-10-11-12-13-14-15-16-17-18-19-20-21-22-23-24-25-26-27-28-29-30-31-32-33-34-35-36-37-38-39-40-42-44-46-53(56)62-51(50-61-63(57,58)60-48-47-54)49-59-52(55)45-43-41-8-6-4-2/h5,7,10-11,13-14,16-17,19-20,22-23,25-26,51H,3-4,6,8-9,12,15,18,21,24,27-50,54H2,1-2H3,(H,57,58)/b7-5-,11-10-,14-13-,17-16-,20-19-,23-22-,26-25-. The van der Waals surface area contributed by atoms with Crippen molar-refractivity contribution in [2.24, 2.45) is 5.73 Å². The zero-order valence-electron chi connectivity index (χ0n) is 40.0. The fourth-order valence-electron chi connectivity index (χ4n) is 6.61. The second-order valence-corrected chi connectivity index (χ2v) is 17.8. The zero-order chi connectivity index (χ0) is 46.0. The van der Waals surface area contributed by atoms with Crippen molar-refractivity contribution in [2.75, 3.05) is 26.4 Å². The van der Waals surface area contributed by atoms with Crippen LogP contribution in [0.1, 0.15) is 206 Å². The van der Waals surface area contributed by atoms with Gasteiger partial charge in [-0.25, -0.2) is 4.57 Å². The number of unbranched alkanes of at least 4 members (excludes halogenated alkanes) is 19. The molecular formula is C53H92NO8P. The van der Waals surface area contributed by atoms with E-state index in [0.29, 0.717) is 6.42 Å². The third-order valence-corrected chi connectivity index (χ3v) is 11.3. The van der Waals surface area contributed by atoms with Crippen LogP contribution in [0.25, 0.3) is 0 Å². The molecule has 0 spiro atoms. The Morgan fingerprint density at radius 3 is 1.30 bits per heavy atom. The van der Waals surface area contributed by atoms with Gasteiger partial charge in [0.05, 0.1) is 13.2 Å². The van der Waals surface area contributed by atoms with Gasteiger partial charge < -0.3 is 20.1 Å². The molecule has 0 aromatic carbocycles. The molecule has 0 aliphatic heterocycles. The quantitative estimate of drug-likeness (QED) is 0.0265. The van der Waals surface area contributed by atoms with E-state index in [4.69, 9.17) is 24.3 Å². The second-order valence-electron chi connectivity index (χ2n) is 16.3. The van der Waals surface area contributed by atoms with E-state index >= 15 is 0 Å². The number of ether oxygens (including phenoxy) is 2. The fraction of sp³-hybridized carbons (Fsp3) is 0.698. The number of phosphoric acid groups is 1. The highest BCUT2D eigenvalue weighted by atomic mass is 31.2. The molecule has 0 saturated carbocycles. The van der Waals surface area contributed by atoms with E-state index < -0.39 is 32.5 Å². The van der Waals surface area contributed by atoms with Crippen LogP contribution in [0.2, 0.25) is 0 Å². The molecular weight excluding hydrogens is 810 g/mol. The van der Waals surface area contributed by atoms with E-state index in [1.54, 1.807) is 0 Å². The Morgan fingerprint density at radius 1 is 0.492 bits per heavy atom. The van der Waals surface area contributed by atoms with Crippen LogP contribution in [-0.2, 0) is 32.7 Å². The lowest BCUT2D eigenvalue weighted by Crippen LogP contribution is -2.29. The van der Waals surface area contributed by atoms with Crippen LogP contribution in [0.5, 0.6) is 0 Å². The molecule has 2 unspecified atom stereocenters. The first-order valence-corrected chi connectivity index (χ1v) is 26.6. The average molecular weight is 902 g/mol. The minimum atomic E-state index is -4.37. The molecule has 0 radical (unpaired) electrons. The van der Waals surface area contributed by atoms with E-state index in [1.165, 1.54) is 77.0 Å². The highest BCUT2D eigenvalue weighted by Crippen LogP contribution is 2.43. The Morgan fingerprint density at radius 2 is 0.873 bits per heavy atom. The van der Waals surface area contributed by atoms with E-state index in [0.717, 1.165) is 96.3 Å². The Kier molecular flexibility index (Phi) is 46.5. The summed E-state index contributed by atoms with van der Waals surface area (Å²) in [6.45, 7) is 3.51. The molecule has 3 N–H and O–H groups in total. The summed E-state index contributed by atoms with van der Waals surface area (Å²) in [6.07, 6.45) is 62.7. The van der Waals surface area contributed by atoms with E-state index in [-0.39, 0.29) is 32.6 Å². The molecule has 0 amide bonds. The van der Waals surface area contributed by atoms with Crippen LogP contribution >= 0.6 is 7.82 Å². The Balaban J connectivity index is 3.77. The van der Waals surface area contributed by atoms with Gasteiger partial charge in [0.15, 0.2) is 6.10 Å². The van der Waals surface area contributed by atoms with Gasteiger partial charge in [0.2, 0.25) is 0 Å². The van der Waals surface area contributed by atoms with Crippen molar-refractivity contribution in [1.29, 1.82) is 0 Å². The number of phosphoric ester groups is 1. The van der Waals surface area contributed by atoms with Crippen molar-refractivity contribution in [3.05, 3.63) is 85.1 Å². The fourth-order valence-corrected chi connectivity index (χ4v) is 7.38. The smallest absolute Gasteiger partial charge is 0.462 e. The summed E-state index contributed by atoms with van der Waals surface area (Å²) < 4.78 is 32.6. The van der Waals surface area contributed by atoms with Gasteiger partial charge in [-0.15, -0.1) is 0 Å². The number of allylic oxidation sites excluding steroid dienone is 14. The molecule has 362 valence electrons. The molecule has 0 aliphatic rings. The van der Waals surface area contributed by atoms with Crippen LogP contribution in [0.3, 0.4) is 0 Å². The molecule has 0 fully saturated rings. The first-order chi connectivity index (χ1) is 30.8. The third-order valence-electron chi connectivity index (χ3n) is 10.3. The van der Waals surface area contributed by atoms with Gasteiger partial charge in [-0.1, -0.05) is 208 Å². The minimum absolute atomic E-state index is 0.0518. The minimum Gasteiger partial charge on any atom is -0.462 e. The molecule has 63 heavy (non-hydrogen) atoms. The number of carbonyl (C=O) groups excluding carboxylic acids is 2. The second kappa shape index (κ2) is 48.6. The predicted octanol–water partition coefficient (Wildman–Crippen LogP) is 15.2. The van der Waals surface area contributed by atoms with E-state index in [1.807, 2.05) is 0 Å². The normalized spacial score (nSPS) is 13.9. The van der Waals surface area contributed by atoms with Gasteiger partial charge >= 0.3 is 19.8 Å². The Bertz CT molecular complexity index is 1300. The summed E-state index contributed by atoms with van der Waals surface area (Å²) in [6, 6.07) is 0. The summed E-state index contributed by atoms with van der Waals surface area (Å²) in [5, 5.41) is 0.